The minimum Gasteiger partial charge on any atom is -0.270 e. The molecule has 0 amide bonds. The minimum absolute atomic E-state index is 0.400. The maximum atomic E-state index is 6.26. The lowest BCUT2D eigenvalue weighted by Crippen LogP contribution is -2.18. The predicted octanol–water partition coefficient (Wildman–Crippen LogP) is 3.81. The van der Waals surface area contributed by atoms with E-state index in [9.17, 15) is 0 Å². The minimum atomic E-state index is 0.400. The van der Waals surface area contributed by atoms with Crippen LogP contribution in [0.2, 0.25) is 0 Å². The van der Waals surface area contributed by atoms with Crippen molar-refractivity contribution in [3.63, 3.8) is 0 Å². The first-order valence-corrected chi connectivity index (χ1v) is 7.36. The van der Waals surface area contributed by atoms with Gasteiger partial charge in [-0.25, -0.2) is 0 Å². The largest absolute Gasteiger partial charge is 0.270 e. The molecule has 1 aromatic rings. The summed E-state index contributed by atoms with van der Waals surface area (Å²) in [5, 5.41) is 5.02. The van der Waals surface area contributed by atoms with E-state index in [1.54, 1.807) is 0 Å². The third kappa shape index (κ3) is 3.25. The van der Waals surface area contributed by atoms with Crippen LogP contribution in [0.3, 0.4) is 0 Å². The monoisotopic (exact) mass is 254 g/mol. The number of halogens is 1. The van der Waals surface area contributed by atoms with Crippen LogP contribution in [-0.2, 0) is 19.4 Å². The molecule has 0 aliphatic heterocycles. The second-order valence-corrected chi connectivity index (χ2v) is 5.75. The maximum absolute atomic E-state index is 6.26. The zero-order valence-corrected chi connectivity index (χ0v) is 11.7. The number of hydrogen-bond donors (Lipinski definition) is 0. The smallest absolute Gasteiger partial charge is 0.0624 e. The lowest BCUT2D eigenvalue weighted by atomic mass is 9.85. The van der Waals surface area contributed by atoms with Gasteiger partial charge in [0.1, 0.15) is 0 Å². The van der Waals surface area contributed by atoms with Crippen LogP contribution in [0.25, 0.3) is 0 Å². The van der Waals surface area contributed by atoms with Gasteiger partial charge >= 0.3 is 0 Å². The van der Waals surface area contributed by atoms with Gasteiger partial charge < -0.3 is 0 Å². The molecule has 1 aliphatic rings. The van der Waals surface area contributed by atoms with Gasteiger partial charge in [-0.05, 0) is 51.0 Å². The number of rotatable bonds is 4. The molecule has 3 heteroatoms. The van der Waals surface area contributed by atoms with Gasteiger partial charge in [-0.15, -0.1) is 11.6 Å². The fraction of sp³-hybridized carbons (Fsp3) is 0.786. The second-order valence-electron chi connectivity index (χ2n) is 5.13. The predicted molar refractivity (Wildman–Crippen MR) is 72.6 cm³/mol. The van der Waals surface area contributed by atoms with Crippen molar-refractivity contribution < 1.29 is 0 Å². The zero-order chi connectivity index (χ0) is 12.3. The highest BCUT2D eigenvalue weighted by Crippen LogP contribution is 2.30. The summed E-state index contributed by atoms with van der Waals surface area (Å²) in [5.74, 6) is 0.762. The first-order chi connectivity index (χ1) is 8.22. The second kappa shape index (κ2) is 5.90. The molecule has 1 aliphatic carbocycles. The Hall–Kier alpha value is -0.500. The Kier molecular flexibility index (Phi) is 4.49. The van der Waals surface area contributed by atoms with Crippen molar-refractivity contribution in [2.24, 2.45) is 5.92 Å². The van der Waals surface area contributed by atoms with Crippen molar-refractivity contribution in [1.29, 1.82) is 0 Å². The lowest BCUT2D eigenvalue weighted by molar-refractivity contribution is 0.353. The molecule has 2 atom stereocenters. The van der Waals surface area contributed by atoms with Crippen LogP contribution in [-0.4, -0.2) is 15.2 Å². The normalized spacial score (nSPS) is 25.1. The zero-order valence-electron chi connectivity index (χ0n) is 11.0. The number of aromatic nitrogens is 2. The summed E-state index contributed by atoms with van der Waals surface area (Å²) >= 11 is 6.26. The van der Waals surface area contributed by atoms with E-state index in [1.807, 2.05) is 0 Å². The first kappa shape index (κ1) is 12.9. The van der Waals surface area contributed by atoms with E-state index in [0.29, 0.717) is 5.38 Å². The number of hydrogen-bond acceptors (Lipinski definition) is 1. The molecule has 0 radical (unpaired) electrons. The lowest BCUT2D eigenvalue weighted by Gasteiger charge is -2.25. The summed E-state index contributed by atoms with van der Waals surface area (Å²) in [6.07, 6.45) is 7.19. The molecule has 0 bridgehead atoms. The van der Waals surface area contributed by atoms with Gasteiger partial charge in [0.25, 0.3) is 0 Å². The molecule has 2 unspecified atom stereocenters. The van der Waals surface area contributed by atoms with Crippen LogP contribution < -0.4 is 0 Å². The summed E-state index contributed by atoms with van der Waals surface area (Å²) < 4.78 is 2.16. The Balaban J connectivity index is 2.03. The molecule has 17 heavy (non-hydrogen) atoms. The molecule has 2 nitrogen and oxygen atoms in total. The Morgan fingerprint density at radius 2 is 2.24 bits per heavy atom. The summed E-state index contributed by atoms with van der Waals surface area (Å²) in [6, 6.07) is 2.28. The summed E-state index contributed by atoms with van der Waals surface area (Å²) in [7, 11) is 0. The quantitative estimate of drug-likeness (QED) is 0.748. The van der Waals surface area contributed by atoms with E-state index < -0.39 is 0 Å². The number of nitrogens with zero attached hydrogens (tertiary/aromatic N) is 2. The molecular weight excluding hydrogens is 232 g/mol. The summed E-state index contributed by atoms with van der Waals surface area (Å²) in [5.41, 5.74) is 2.63. The highest BCUT2D eigenvalue weighted by molar-refractivity contribution is 6.20. The van der Waals surface area contributed by atoms with Crippen LogP contribution in [0.5, 0.6) is 0 Å². The Labute approximate surface area is 109 Å². The molecule has 2 rings (SSSR count). The van der Waals surface area contributed by atoms with E-state index in [2.05, 4.69) is 29.7 Å². The van der Waals surface area contributed by atoms with Gasteiger partial charge in [0.05, 0.1) is 5.69 Å². The summed E-state index contributed by atoms with van der Waals surface area (Å²) in [6.45, 7) is 5.31. The van der Waals surface area contributed by atoms with Gasteiger partial charge in [-0.1, -0.05) is 13.3 Å². The molecule has 1 saturated carbocycles. The van der Waals surface area contributed by atoms with E-state index in [1.165, 1.54) is 37.1 Å². The van der Waals surface area contributed by atoms with Crippen LogP contribution in [0.4, 0.5) is 0 Å². The van der Waals surface area contributed by atoms with E-state index in [4.69, 9.17) is 11.6 Å². The van der Waals surface area contributed by atoms with E-state index >= 15 is 0 Å². The Bertz CT molecular complexity index is 359. The highest BCUT2D eigenvalue weighted by Gasteiger charge is 2.21. The molecule has 96 valence electrons. The van der Waals surface area contributed by atoms with Gasteiger partial charge in [0.2, 0.25) is 0 Å². The third-order valence-corrected chi connectivity index (χ3v) is 4.19. The standard InChI is InChI=1S/C14H23ClN2/c1-3-13-10-14(17(4-2)16-13)9-11-6-5-7-12(15)8-11/h10-12H,3-9H2,1-2H3. The van der Waals surface area contributed by atoms with Crippen molar-refractivity contribution in [2.75, 3.05) is 0 Å². The van der Waals surface area contributed by atoms with Crippen molar-refractivity contribution in [2.45, 2.75) is 64.3 Å². The topological polar surface area (TPSA) is 17.8 Å². The Morgan fingerprint density at radius 1 is 1.41 bits per heavy atom. The van der Waals surface area contributed by atoms with Crippen molar-refractivity contribution in [3.8, 4) is 0 Å². The SMILES string of the molecule is CCc1cc(CC2CCCC(Cl)C2)n(CC)n1. The highest BCUT2D eigenvalue weighted by atomic mass is 35.5. The number of aryl methyl sites for hydroxylation is 2. The van der Waals surface area contributed by atoms with Crippen LogP contribution in [0, 0.1) is 5.92 Å². The van der Waals surface area contributed by atoms with Gasteiger partial charge in [0, 0.05) is 17.6 Å². The number of alkyl halides is 1. The molecule has 0 saturated heterocycles. The molecule has 0 aromatic carbocycles. The van der Waals surface area contributed by atoms with Gasteiger partial charge in [-0.3, -0.25) is 4.68 Å². The van der Waals surface area contributed by atoms with Crippen molar-refractivity contribution in [1.82, 2.24) is 9.78 Å². The first-order valence-electron chi connectivity index (χ1n) is 6.92. The third-order valence-electron chi connectivity index (χ3n) is 3.79. The summed E-state index contributed by atoms with van der Waals surface area (Å²) in [4.78, 5) is 0. The van der Waals surface area contributed by atoms with Crippen LogP contribution >= 0.6 is 11.6 Å². The molecule has 0 spiro atoms. The average molecular weight is 255 g/mol. The maximum Gasteiger partial charge on any atom is 0.0624 e. The van der Waals surface area contributed by atoms with E-state index in [0.717, 1.165) is 25.3 Å². The molecule has 0 N–H and O–H groups in total. The van der Waals surface area contributed by atoms with Crippen LogP contribution in [0.1, 0.15) is 50.9 Å². The van der Waals surface area contributed by atoms with E-state index in [-0.39, 0.29) is 0 Å². The molecule has 1 fully saturated rings. The van der Waals surface area contributed by atoms with Crippen LogP contribution in [0.15, 0.2) is 6.07 Å². The molecule has 1 heterocycles. The average Bonchev–Trinajstić information content (AvgIpc) is 2.71. The van der Waals surface area contributed by atoms with Gasteiger partial charge in [-0.2, -0.15) is 5.10 Å². The fourth-order valence-electron chi connectivity index (χ4n) is 2.83. The molecular formula is C14H23ClN2. The fourth-order valence-corrected chi connectivity index (χ4v) is 3.24. The van der Waals surface area contributed by atoms with Gasteiger partial charge in [0.15, 0.2) is 0 Å². The Morgan fingerprint density at radius 3 is 2.88 bits per heavy atom. The van der Waals surface area contributed by atoms with Crippen molar-refractivity contribution in [3.05, 3.63) is 17.5 Å². The van der Waals surface area contributed by atoms with Crippen molar-refractivity contribution >= 4 is 11.6 Å². The molecule has 1 aromatic heterocycles.